The lowest BCUT2D eigenvalue weighted by Gasteiger charge is -2.32. The van der Waals surface area contributed by atoms with Crippen LogP contribution in [0.5, 0.6) is 17.2 Å². The first-order chi connectivity index (χ1) is 17.1. The lowest BCUT2D eigenvalue weighted by molar-refractivity contribution is 0.0858. The standard InChI is InChI=1S/C30H38ClNO4/c1-21(16-23-12-15-28(34-5)29(17-23)35-6)32(20-27(33)24-8-7-9-25(31)18-24)19-22-10-13-26(14-11-22)36-30(2,3)4/h7-15,17-18,21,27,33H,16,19-20H2,1-6H3/t21?,27-/m0/s1. The Hall–Kier alpha value is -2.73. The number of aliphatic hydroxyl groups is 1. The van der Waals surface area contributed by atoms with Gasteiger partial charge in [0.1, 0.15) is 11.4 Å². The Kier molecular flexibility index (Phi) is 9.66. The van der Waals surface area contributed by atoms with Crippen LogP contribution in [0.1, 0.15) is 50.5 Å². The van der Waals surface area contributed by atoms with Gasteiger partial charge in [0.2, 0.25) is 0 Å². The van der Waals surface area contributed by atoms with Crippen LogP contribution in [0.3, 0.4) is 0 Å². The number of halogens is 1. The van der Waals surface area contributed by atoms with Gasteiger partial charge in [-0.15, -0.1) is 0 Å². The first-order valence-electron chi connectivity index (χ1n) is 12.2. The molecule has 3 aromatic rings. The zero-order valence-corrected chi connectivity index (χ0v) is 22.9. The average molecular weight is 512 g/mol. The number of benzene rings is 3. The topological polar surface area (TPSA) is 51.2 Å². The molecule has 0 radical (unpaired) electrons. The van der Waals surface area contributed by atoms with Gasteiger partial charge in [0.25, 0.3) is 0 Å². The van der Waals surface area contributed by atoms with Crippen molar-refractivity contribution in [3.05, 3.63) is 88.4 Å². The summed E-state index contributed by atoms with van der Waals surface area (Å²) in [7, 11) is 3.28. The predicted molar refractivity (Wildman–Crippen MR) is 146 cm³/mol. The van der Waals surface area contributed by atoms with E-state index in [1.807, 2.05) is 69.3 Å². The van der Waals surface area contributed by atoms with E-state index in [0.717, 1.165) is 28.9 Å². The highest BCUT2D eigenvalue weighted by atomic mass is 35.5. The minimum absolute atomic E-state index is 0.141. The van der Waals surface area contributed by atoms with Crippen molar-refractivity contribution in [2.75, 3.05) is 20.8 Å². The van der Waals surface area contributed by atoms with Crippen LogP contribution in [0.25, 0.3) is 0 Å². The largest absolute Gasteiger partial charge is 0.493 e. The van der Waals surface area contributed by atoms with Crippen molar-refractivity contribution >= 4 is 11.6 Å². The fourth-order valence-electron chi connectivity index (χ4n) is 4.17. The van der Waals surface area contributed by atoms with Gasteiger partial charge in [0.05, 0.1) is 20.3 Å². The van der Waals surface area contributed by atoms with Gasteiger partial charge in [-0.2, -0.15) is 0 Å². The number of nitrogens with zero attached hydrogens (tertiary/aromatic N) is 1. The van der Waals surface area contributed by atoms with Crippen LogP contribution >= 0.6 is 11.6 Å². The third-order valence-electron chi connectivity index (χ3n) is 5.98. The van der Waals surface area contributed by atoms with E-state index in [1.54, 1.807) is 14.2 Å². The molecule has 5 nitrogen and oxygen atoms in total. The second-order valence-electron chi connectivity index (χ2n) is 10.1. The van der Waals surface area contributed by atoms with Gasteiger partial charge in [0.15, 0.2) is 11.5 Å². The molecule has 3 aromatic carbocycles. The van der Waals surface area contributed by atoms with E-state index in [1.165, 1.54) is 0 Å². The summed E-state index contributed by atoms with van der Waals surface area (Å²) in [5, 5.41) is 11.7. The van der Waals surface area contributed by atoms with Crippen molar-refractivity contribution < 1.29 is 19.3 Å². The van der Waals surface area contributed by atoms with Crippen molar-refractivity contribution in [2.24, 2.45) is 0 Å². The molecule has 0 aliphatic rings. The van der Waals surface area contributed by atoms with Gasteiger partial charge in [0, 0.05) is 24.2 Å². The van der Waals surface area contributed by atoms with Crippen LogP contribution in [-0.2, 0) is 13.0 Å². The Labute approximate surface area is 220 Å². The summed E-state index contributed by atoms with van der Waals surface area (Å²) in [6.07, 6.45) is 0.119. The van der Waals surface area contributed by atoms with Crippen molar-refractivity contribution in [3.63, 3.8) is 0 Å². The number of aliphatic hydroxyl groups excluding tert-OH is 1. The molecule has 0 amide bonds. The summed E-state index contributed by atoms with van der Waals surface area (Å²) in [6, 6.07) is 21.7. The molecule has 0 fully saturated rings. The van der Waals surface area contributed by atoms with Crippen LogP contribution in [-0.4, -0.2) is 42.4 Å². The molecule has 0 bridgehead atoms. The van der Waals surface area contributed by atoms with E-state index in [9.17, 15) is 5.11 Å². The molecule has 6 heteroatoms. The number of hydrogen-bond acceptors (Lipinski definition) is 5. The Morgan fingerprint density at radius 2 is 1.56 bits per heavy atom. The second kappa shape index (κ2) is 12.5. The molecule has 0 spiro atoms. The van der Waals surface area contributed by atoms with Gasteiger partial charge >= 0.3 is 0 Å². The van der Waals surface area contributed by atoms with Crippen molar-refractivity contribution in [1.82, 2.24) is 4.90 Å². The second-order valence-corrected chi connectivity index (χ2v) is 10.5. The summed E-state index contributed by atoms with van der Waals surface area (Å²) in [5.74, 6) is 2.26. The van der Waals surface area contributed by atoms with E-state index in [0.29, 0.717) is 29.6 Å². The lowest BCUT2D eigenvalue weighted by Crippen LogP contribution is -2.37. The first kappa shape index (κ1) is 27.9. The summed E-state index contributed by atoms with van der Waals surface area (Å²) >= 11 is 6.18. The summed E-state index contributed by atoms with van der Waals surface area (Å²) in [6.45, 7) is 9.44. The summed E-state index contributed by atoms with van der Waals surface area (Å²) in [4.78, 5) is 2.29. The van der Waals surface area contributed by atoms with Crippen LogP contribution in [0.15, 0.2) is 66.7 Å². The van der Waals surface area contributed by atoms with Crippen LogP contribution < -0.4 is 14.2 Å². The Morgan fingerprint density at radius 3 is 2.17 bits per heavy atom. The van der Waals surface area contributed by atoms with Crippen LogP contribution in [0.4, 0.5) is 0 Å². The van der Waals surface area contributed by atoms with Crippen molar-refractivity contribution in [2.45, 2.75) is 58.4 Å². The van der Waals surface area contributed by atoms with Gasteiger partial charge < -0.3 is 19.3 Å². The molecule has 1 N–H and O–H groups in total. The average Bonchev–Trinajstić information content (AvgIpc) is 2.83. The van der Waals surface area contributed by atoms with E-state index in [4.69, 9.17) is 25.8 Å². The molecule has 0 heterocycles. The first-order valence-corrected chi connectivity index (χ1v) is 12.6. The number of rotatable bonds is 11. The maximum atomic E-state index is 11.1. The lowest BCUT2D eigenvalue weighted by atomic mass is 10.0. The molecule has 0 aliphatic heterocycles. The van der Waals surface area contributed by atoms with Crippen molar-refractivity contribution in [1.29, 1.82) is 0 Å². The minimum Gasteiger partial charge on any atom is -0.493 e. The Balaban J connectivity index is 1.81. The minimum atomic E-state index is -0.667. The van der Waals surface area contributed by atoms with Crippen LogP contribution in [0.2, 0.25) is 5.02 Å². The van der Waals surface area contributed by atoms with E-state index in [2.05, 4.69) is 30.0 Å². The molecule has 3 rings (SSSR count). The molecule has 1 unspecified atom stereocenters. The fraction of sp³-hybridized carbons (Fsp3) is 0.400. The number of ether oxygens (including phenoxy) is 3. The summed E-state index contributed by atoms with van der Waals surface area (Å²) in [5.41, 5.74) is 2.84. The molecular weight excluding hydrogens is 474 g/mol. The maximum Gasteiger partial charge on any atom is 0.160 e. The molecule has 36 heavy (non-hydrogen) atoms. The predicted octanol–water partition coefficient (Wildman–Crippen LogP) is 6.70. The molecule has 0 saturated heterocycles. The van der Waals surface area contributed by atoms with Gasteiger partial charge in [-0.05, 0) is 87.2 Å². The fourth-order valence-corrected chi connectivity index (χ4v) is 4.37. The van der Waals surface area contributed by atoms with Gasteiger partial charge in [-0.3, -0.25) is 4.90 Å². The van der Waals surface area contributed by atoms with E-state index in [-0.39, 0.29) is 11.6 Å². The zero-order chi connectivity index (χ0) is 26.3. The third-order valence-corrected chi connectivity index (χ3v) is 6.21. The smallest absolute Gasteiger partial charge is 0.160 e. The van der Waals surface area contributed by atoms with Crippen molar-refractivity contribution in [3.8, 4) is 17.2 Å². The molecule has 194 valence electrons. The van der Waals surface area contributed by atoms with Gasteiger partial charge in [-0.1, -0.05) is 41.9 Å². The molecule has 0 saturated carbocycles. The highest BCUT2D eigenvalue weighted by molar-refractivity contribution is 6.30. The Morgan fingerprint density at radius 1 is 0.889 bits per heavy atom. The number of hydrogen-bond donors (Lipinski definition) is 1. The monoisotopic (exact) mass is 511 g/mol. The highest BCUT2D eigenvalue weighted by Crippen LogP contribution is 2.29. The van der Waals surface area contributed by atoms with Gasteiger partial charge in [-0.25, -0.2) is 0 Å². The Bertz CT molecular complexity index is 1110. The molecule has 0 aliphatic carbocycles. The molecule has 2 atom stereocenters. The number of methoxy groups -OCH3 is 2. The third kappa shape index (κ3) is 8.16. The maximum absolute atomic E-state index is 11.1. The molecule has 0 aromatic heterocycles. The zero-order valence-electron chi connectivity index (χ0n) is 22.1. The quantitative estimate of drug-likeness (QED) is 0.310. The molecular formula is C30H38ClNO4. The normalized spacial score (nSPS) is 13.4. The van der Waals surface area contributed by atoms with E-state index >= 15 is 0 Å². The summed E-state index contributed by atoms with van der Waals surface area (Å²) < 4.78 is 16.8. The van der Waals surface area contributed by atoms with E-state index < -0.39 is 6.10 Å². The SMILES string of the molecule is COc1ccc(CC(C)N(Cc2ccc(OC(C)(C)C)cc2)C[C@H](O)c2cccc(Cl)c2)cc1OC. The highest BCUT2D eigenvalue weighted by Gasteiger charge is 2.21. The van der Waals surface area contributed by atoms with Crippen LogP contribution in [0, 0.1) is 0 Å².